The average Bonchev–Trinajstić information content (AvgIpc) is 2.09. The maximum absolute atomic E-state index is 13.4. The highest BCUT2D eigenvalue weighted by molar-refractivity contribution is 7.57. The second-order valence-corrected chi connectivity index (χ2v) is 20.1. The van der Waals surface area contributed by atoms with Crippen LogP contribution < -0.4 is 0 Å². The topological polar surface area (TPSA) is 47.9 Å². The normalized spacial score (nSPS) is 16.5. The molecule has 21 heavy (non-hydrogen) atoms. The third-order valence-corrected chi connectivity index (χ3v) is 9.81. The van der Waals surface area contributed by atoms with Gasteiger partial charge in [0.2, 0.25) is 0 Å². The van der Waals surface area contributed by atoms with E-state index in [0.29, 0.717) is 6.42 Å². The van der Waals surface area contributed by atoms with Gasteiger partial charge in [-0.3, -0.25) is 9.56 Å². The Kier molecular flexibility index (Phi) is 7.30. The highest BCUT2D eigenvalue weighted by Crippen LogP contribution is 2.58. The zero-order chi connectivity index (χ0) is 17.1. The molecule has 0 aliphatic heterocycles. The smallest absolute Gasteiger partial charge is 0.335 e. The minimum absolute atomic E-state index is 0.0451. The van der Waals surface area contributed by atoms with Gasteiger partial charge >= 0.3 is 7.60 Å². The highest BCUT2D eigenvalue weighted by Gasteiger charge is 2.42. The van der Waals surface area contributed by atoms with Crippen LogP contribution in [0.25, 0.3) is 0 Å². The lowest BCUT2D eigenvalue weighted by Gasteiger charge is -2.34. The molecule has 0 radical (unpaired) electrons. The maximum atomic E-state index is 13.4. The summed E-state index contributed by atoms with van der Waals surface area (Å²) in [5.41, 5.74) is -0.0451. The van der Waals surface area contributed by atoms with Crippen molar-refractivity contribution in [1.82, 2.24) is 0 Å². The van der Waals surface area contributed by atoms with Gasteiger partial charge < -0.3 is 8.43 Å². The number of aliphatic imine (C=N–C) groups is 1. The first-order valence-corrected chi connectivity index (χ1v) is 16.1. The molecule has 0 rings (SSSR count). The van der Waals surface area contributed by atoms with Gasteiger partial charge in [-0.1, -0.05) is 27.7 Å². The molecule has 0 N–H and O–H groups in total. The molecule has 1 unspecified atom stereocenters. The lowest BCUT2D eigenvalue weighted by atomic mass is 9.99. The molecule has 0 spiro atoms. The van der Waals surface area contributed by atoms with Crippen molar-refractivity contribution in [3.05, 3.63) is 0 Å². The molecule has 4 nitrogen and oxygen atoms in total. The van der Waals surface area contributed by atoms with Gasteiger partial charge in [0.1, 0.15) is 5.78 Å². The molecular weight excluding hydrogens is 317 g/mol. The standard InChI is InChI=1S/C14H34NO3PSi2/c1-11-13(15-12-14(2,3)4)19(16,17-20(5,6)7)18-21(8,9)10/h12-13H,11H2,1-10H3. The van der Waals surface area contributed by atoms with E-state index < -0.39 is 30.0 Å². The molecule has 0 bridgehead atoms. The van der Waals surface area contributed by atoms with Crippen LogP contribution in [0.2, 0.25) is 39.3 Å². The molecule has 0 aromatic heterocycles. The van der Waals surface area contributed by atoms with E-state index in [0.717, 1.165) is 0 Å². The van der Waals surface area contributed by atoms with Crippen molar-refractivity contribution in [2.45, 2.75) is 79.2 Å². The van der Waals surface area contributed by atoms with Gasteiger partial charge in [-0.05, 0) is 51.1 Å². The SMILES string of the molecule is CCC(N=CC(C)(C)C)P(=O)(O[Si](C)(C)C)O[Si](C)(C)C. The minimum Gasteiger partial charge on any atom is -0.350 e. The molecule has 126 valence electrons. The van der Waals surface area contributed by atoms with Gasteiger partial charge in [-0.2, -0.15) is 0 Å². The fourth-order valence-electron chi connectivity index (χ4n) is 1.62. The van der Waals surface area contributed by atoms with E-state index in [1.54, 1.807) is 0 Å². The van der Waals surface area contributed by atoms with E-state index in [2.05, 4.69) is 25.8 Å². The molecule has 0 saturated carbocycles. The molecule has 0 fully saturated rings. The first kappa shape index (κ1) is 21.3. The predicted molar refractivity (Wildman–Crippen MR) is 98.5 cm³/mol. The largest absolute Gasteiger partial charge is 0.350 e. The molecular formula is C14H34NO3PSi2. The molecule has 0 saturated heterocycles. The van der Waals surface area contributed by atoms with Crippen molar-refractivity contribution >= 4 is 30.4 Å². The molecule has 0 amide bonds. The minimum atomic E-state index is -3.23. The molecule has 0 aromatic rings. The molecule has 0 aromatic carbocycles. The van der Waals surface area contributed by atoms with Gasteiger partial charge in [-0.25, -0.2) is 0 Å². The fourth-order valence-corrected chi connectivity index (χ4v) is 9.87. The summed E-state index contributed by atoms with van der Waals surface area (Å²) < 4.78 is 25.4. The summed E-state index contributed by atoms with van der Waals surface area (Å²) in [6.45, 7) is 20.4. The van der Waals surface area contributed by atoms with Gasteiger partial charge in [0.25, 0.3) is 0 Å². The van der Waals surface area contributed by atoms with E-state index in [4.69, 9.17) is 8.43 Å². The van der Waals surface area contributed by atoms with Crippen LogP contribution in [0, 0.1) is 5.41 Å². The van der Waals surface area contributed by atoms with Crippen molar-refractivity contribution < 1.29 is 13.0 Å². The number of rotatable bonds is 7. The maximum Gasteiger partial charge on any atom is 0.335 e. The molecule has 0 aliphatic rings. The van der Waals surface area contributed by atoms with Crippen LogP contribution in [-0.2, 0) is 13.0 Å². The summed E-state index contributed by atoms with van der Waals surface area (Å²) in [6.07, 6.45) is 2.52. The molecule has 1 atom stereocenters. The monoisotopic (exact) mass is 351 g/mol. The van der Waals surface area contributed by atoms with Crippen LogP contribution in [0.3, 0.4) is 0 Å². The second-order valence-electron chi connectivity index (χ2n) is 8.48. The molecule has 7 heteroatoms. The lowest BCUT2D eigenvalue weighted by Crippen LogP contribution is -2.33. The quantitative estimate of drug-likeness (QED) is 0.334. The third kappa shape index (κ3) is 9.79. The number of hydrogen-bond donors (Lipinski definition) is 0. The Morgan fingerprint density at radius 1 is 1.05 bits per heavy atom. The summed E-state index contributed by atoms with van der Waals surface area (Å²) in [7, 11) is -7.21. The lowest BCUT2D eigenvalue weighted by molar-refractivity contribution is 0.367. The second kappa shape index (κ2) is 7.22. The average molecular weight is 352 g/mol. The van der Waals surface area contributed by atoms with Gasteiger partial charge in [-0.15, -0.1) is 0 Å². The van der Waals surface area contributed by atoms with Gasteiger partial charge in [0.05, 0.1) is 0 Å². The third-order valence-electron chi connectivity index (χ3n) is 2.17. The van der Waals surface area contributed by atoms with E-state index in [9.17, 15) is 4.57 Å². The van der Waals surface area contributed by atoms with Gasteiger partial charge in [0, 0.05) is 6.21 Å². The summed E-state index contributed by atoms with van der Waals surface area (Å²) in [6, 6.07) is 0. The zero-order valence-corrected chi connectivity index (χ0v) is 18.4. The Balaban J connectivity index is 5.54. The Morgan fingerprint density at radius 3 is 1.67 bits per heavy atom. The van der Waals surface area contributed by atoms with E-state index in [-0.39, 0.29) is 5.41 Å². The molecule has 0 aliphatic carbocycles. The van der Waals surface area contributed by atoms with Crippen molar-refractivity contribution in [1.29, 1.82) is 0 Å². The summed E-state index contributed by atoms with van der Waals surface area (Å²) in [5.74, 6) is -0.407. The Labute approximate surface area is 133 Å². The van der Waals surface area contributed by atoms with Crippen LogP contribution in [0.4, 0.5) is 0 Å². The van der Waals surface area contributed by atoms with Crippen LogP contribution in [0.15, 0.2) is 4.99 Å². The molecule has 0 heterocycles. The number of hydrogen-bond acceptors (Lipinski definition) is 4. The summed E-state index contributed by atoms with van der Waals surface area (Å²) in [5, 5.41) is 0. The predicted octanol–water partition coefficient (Wildman–Crippen LogP) is 5.74. The van der Waals surface area contributed by atoms with Crippen LogP contribution in [0.1, 0.15) is 34.1 Å². The zero-order valence-electron chi connectivity index (χ0n) is 15.5. The first-order chi connectivity index (χ1) is 9.08. The van der Waals surface area contributed by atoms with Crippen molar-refractivity contribution in [2.24, 2.45) is 10.4 Å². The number of nitrogens with zero attached hydrogens (tertiary/aromatic N) is 1. The fraction of sp³-hybridized carbons (Fsp3) is 0.929. The van der Waals surface area contributed by atoms with Crippen LogP contribution >= 0.6 is 7.60 Å². The van der Waals surface area contributed by atoms with Crippen molar-refractivity contribution in [3.63, 3.8) is 0 Å². The van der Waals surface area contributed by atoms with E-state index in [1.807, 2.05) is 52.4 Å². The first-order valence-electron chi connectivity index (χ1n) is 7.63. The van der Waals surface area contributed by atoms with Crippen molar-refractivity contribution in [3.8, 4) is 0 Å². The Morgan fingerprint density at radius 2 is 1.43 bits per heavy atom. The van der Waals surface area contributed by atoms with Crippen LogP contribution in [0.5, 0.6) is 0 Å². The Bertz CT molecular complexity index is 386. The summed E-state index contributed by atoms with van der Waals surface area (Å²) in [4.78, 5) is 4.56. The Hall–Kier alpha value is 0.254. The van der Waals surface area contributed by atoms with E-state index >= 15 is 0 Å². The van der Waals surface area contributed by atoms with Gasteiger partial charge in [0.15, 0.2) is 16.6 Å². The highest BCUT2D eigenvalue weighted by atomic mass is 31.2. The van der Waals surface area contributed by atoms with E-state index in [1.165, 1.54) is 0 Å². The summed E-state index contributed by atoms with van der Waals surface area (Å²) >= 11 is 0. The van der Waals surface area contributed by atoms with Crippen LogP contribution in [-0.4, -0.2) is 28.6 Å². The van der Waals surface area contributed by atoms with Crippen molar-refractivity contribution in [2.75, 3.05) is 0 Å².